The molecule has 2 aromatic rings. The molecule has 0 radical (unpaired) electrons. The minimum atomic E-state index is -0.184. The number of amides is 1. The maximum absolute atomic E-state index is 12.1. The van der Waals surface area contributed by atoms with Gasteiger partial charge in [-0.25, -0.2) is 0 Å². The van der Waals surface area contributed by atoms with Crippen molar-refractivity contribution < 1.29 is 9.52 Å². The van der Waals surface area contributed by atoms with E-state index in [1.165, 1.54) is 30.1 Å². The van der Waals surface area contributed by atoms with Gasteiger partial charge in [-0.2, -0.15) is 4.73 Å². The van der Waals surface area contributed by atoms with Gasteiger partial charge in [0, 0.05) is 12.1 Å². The Balaban J connectivity index is 2.05. The van der Waals surface area contributed by atoms with Gasteiger partial charge >= 0.3 is 0 Å². The summed E-state index contributed by atoms with van der Waals surface area (Å²) >= 11 is 0. The zero-order valence-electron chi connectivity index (χ0n) is 12.5. The van der Waals surface area contributed by atoms with E-state index in [0.29, 0.717) is 16.2 Å². The molecule has 0 aliphatic rings. The summed E-state index contributed by atoms with van der Waals surface area (Å²) in [6.07, 6.45) is 2.63. The van der Waals surface area contributed by atoms with Crippen molar-refractivity contribution in [1.29, 1.82) is 0 Å². The molecule has 4 nitrogen and oxygen atoms in total. The summed E-state index contributed by atoms with van der Waals surface area (Å²) in [5, 5.41) is 13.9. The molecule has 1 aromatic heterocycles. The molecule has 0 spiro atoms. The molecule has 0 aliphatic heterocycles. The second-order valence-electron chi connectivity index (χ2n) is 5.46. The first-order chi connectivity index (χ1) is 9.97. The number of nitrogens with one attached hydrogen (secondary N) is 1. The number of pyridine rings is 1. The summed E-state index contributed by atoms with van der Waals surface area (Å²) < 4.78 is 0.658. The van der Waals surface area contributed by atoms with Crippen LogP contribution in [0.5, 0.6) is 0 Å². The van der Waals surface area contributed by atoms with E-state index in [-0.39, 0.29) is 11.9 Å². The van der Waals surface area contributed by atoms with E-state index < -0.39 is 0 Å². The number of rotatable bonds is 4. The fraction of sp³-hybridized carbons (Fsp3) is 0.294. The predicted molar refractivity (Wildman–Crippen MR) is 81.8 cm³/mol. The average molecular weight is 284 g/mol. The van der Waals surface area contributed by atoms with Crippen LogP contribution in [0.3, 0.4) is 0 Å². The van der Waals surface area contributed by atoms with E-state index in [1.807, 2.05) is 19.1 Å². The third kappa shape index (κ3) is 3.81. The van der Waals surface area contributed by atoms with Crippen LogP contribution in [0, 0.1) is 5.21 Å². The molecule has 0 unspecified atom stereocenters. The molecule has 0 aliphatic carbocycles. The van der Waals surface area contributed by atoms with Crippen LogP contribution in [0.15, 0.2) is 48.8 Å². The highest BCUT2D eigenvalue weighted by atomic mass is 16.5. The highest BCUT2D eigenvalue weighted by molar-refractivity contribution is 5.94. The van der Waals surface area contributed by atoms with Crippen LogP contribution in [-0.2, 0) is 0 Å². The number of benzene rings is 1. The Labute approximate surface area is 125 Å². The first kappa shape index (κ1) is 15.0. The molecule has 4 heteroatoms. The lowest BCUT2D eigenvalue weighted by Gasteiger charge is -2.15. The average Bonchev–Trinajstić information content (AvgIpc) is 2.47. The van der Waals surface area contributed by atoms with Crippen LogP contribution in [0.2, 0.25) is 0 Å². The largest absolute Gasteiger partial charge is 0.619 e. The van der Waals surface area contributed by atoms with Gasteiger partial charge in [-0.15, -0.1) is 0 Å². The fourth-order valence-electron chi connectivity index (χ4n) is 2.10. The number of aromatic nitrogens is 1. The van der Waals surface area contributed by atoms with Crippen molar-refractivity contribution in [2.45, 2.75) is 32.7 Å². The van der Waals surface area contributed by atoms with Crippen molar-refractivity contribution in [3.8, 4) is 0 Å². The van der Waals surface area contributed by atoms with Gasteiger partial charge in [0.1, 0.15) is 0 Å². The molecule has 1 heterocycles. The van der Waals surface area contributed by atoms with Gasteiger partial charge in [0.15, 0.2) is 12.4 Å². The van der Waals surface area contributed by atoms with Crippen molar-refractivity contribution in [3.63, 3.8) is 0 Å². The zero-order chi connectivity index (χ0) is 15.4. The summed E-state index contributed by atoms with van der Waals surface area (Å²) in [5.74, 6) is 0.308. The van der Waals surface area contributed by atoms with Crippen molar-refractivity contribution in [3.05, 3.63) is 70.7 Å². The summed E-state index contributed by atoms with van der Waals surface area (Å²) in [6.45, 7) is 6.24. The maximum Gasteiger partial charge on any atom is 0.252 e. The van der Waals surface area contributed by atoms with Gasteiger partial charge < -0.3 is 10.5 Å². The number of carbonyl (C=O) groups is 1. The minimum Gasteiger partial charge on any atom is -0.619 e. The van der Waals surface area contributed by atoms with Crippen molar-refractivity contribution in [1.82, 2.24) is 5.32 Å². The van der Waals surface area contributed by atoms with Gasteiger partial charge in [-0.05, 0) is 24.0 Å². The topological polar surface area (TPSA) is 56.0 Å². The number of carbonyl (C=O) groups excluding carboxylic acids is 1. The van der Waals surface area contributed by atoms with E-state index >= 15 is 0 Å². The molecule has 21 heavy (non-hydrogen) atoms. The fourth-order valence-corrected chi connectivity index (χ4v) is 2.10. The molecule has 2 rings (SSSR count). The van der Waals surface area contributed by atoms with Gasteiger partial charge in [0.05, 0.1) is 11.6 Å². The van der Waals surface area contributed by atoms with Crippen LogP contribution in [0.1, 0.15) is 54.2 Å². The van der Waals surface area contributed by atoms with Gasteiger partial charge in [0.25, 0.3) is 5.91 Å². The summed E-state index contributed by atoms with van der Waals surface area (Å²) in [6, 6.07) is 11.2. The Morgan fingerprint density at radius 1 is 1.00 bits per heavy atom. The van der Waals surface area contributed by atoms with E-state index in [1.54, 1.807) is 0 Å². The van der Waals surface area contributed by atoms with Gasteiger partial charge in [0.2, 0.25) is 0 Å². The summed E-state index contributed by atoms with van der Waals surface area (Å²) in [5.41, 5.74) is 2.82. The van der Waals surface area contributed by atoms with E-state index in [9.17, 15) is 10.0 Å². The molecule has 1 amide bonds. The molecule has 0 fully saturated rings. The van der Waals surface area contributed by atoms with Crippen molar-refractivity contribution in [2.75, 3.05) is 0 Å². The zero-order valence-corrected chi connectivity index (χ0v) is 12.5. The molecule has 1 atom stereocenters. The maximum atomic E-state index is 12.1. The summed E-state index contributed by atoms with van der Waals surface area (Å²) in [7, 11) is 0. The molecular formula is C17H20N2O2. The second kappa shape index (κ2) is 6.39. The number of hydrogen-bond donors (Lipinski definition) is 1. The van der Waals surface area contributed by atoms with Gasteiger partial charge in [-0.1, -0.05) is 38.1 Å². The highest BCUT2D eigenvalue weighted by Crippen LogP contribution is 2.18. The first-order valence-electron chi connectivity index (χ1n) is 7.07. The Hall–Kier alpha value is -2.36. The normalized spacial score (nSPS) is 12.2. The monoisotopic (exact) mass is 284 g/mol. The third-order valence-electron chi connectivity index (χ3n) is 3.51. The molecular weight excluding hydrogens is 264 g/mol. The van der Waals surface area contributed by atoms with Crippen LogP contribution < -0.4 is 10.0 Å². The Kier molecular flexibility index (Phi) is 4.58. The molecule has 110 valence electrons. The van der Waals surface area contributed by atoms with Gasteiger partial charge in [-0.3, -0.25) is 4.79 Å². The van der Waals surface area contributed by atoms with E-state index in [4.69, 9.17) is 0 Å². The third-order valence-corrected chi connectivity index (χ3v) is 3.51. The van der Waals surface area contributed by atoms with Crippen molar-refractivity contribution >= 4 is 5.91 Å². The Bertz CT molecular complexity index is 604. The standard InChI is InChI=1S/C17H20N2O2/c1-12(2)14-4-6-15(7-5-14)13(3)18-17(20)16-8-10-19(21)11-9-16/h4-13H,1-3H3,(H,18,20)/t13-/m0/s1. The number of nitrogens with zero attached hydrogens (tertiary/aromatic N) is 1. The molecule has 1 N–H and O–H groups in total. The first-order valence-corrected chi connectivity index (χ1v) is 7.07. The Morgan fingerprint density at radius 3 is 2.05 bits per heavy atom. The second-order valence-corrected chi connectivity index (χ2v) is 5.46. The quantitative estimate of drug-likeness (QED) is 0.693. The van der Waals surface area contributed by atoms with Crippen LogP contribution in [0.25, 0.3) is 0 Å². The van der Waals surface area contributed by atoms with Crippen LogP contribution >= 0.6 is 0 Å². The molecule has 0 saturated carbocycles. The lowest BCUT2D eigenvalue weighted by Crippen LogP contribution is -2.29. The highest BCUT2D eigenvalue weighted by Gasteiger charge is 2.12. The Morgan fingerprint density at radius 2 is 1.52 bits per heavy atom. The molecule has 0 saturated heterocycles. The molecule has 0 bridgehead atoms. The predicted octanol–water partition coefficient (Wildman–Crippen LogP) is 2.93. The SMILES string of the molecule is CC(C)c1ccc([C@H](C)NC(=O)c2cc[n+]([O-])cc2)cc1. The van der Waals surface area contributed by atoms with E-state index in [2.05, 4.69) is 31.3 Å². The summed E-state index contributed by atoms with van der Waals surface area (Å²) in [4.78, 5) is 12.1. The van der Waals surface area contributed by atoms with Crippen LogP contribution in [0.4, 0.5) is 0 Å². The van der Waals surface area contributed by atoms with Crippen LogP contribution in [-0.4, -0.2) is 5.91 Å². The van der Waals surface area contributed by atoms with Crippen molar-refractivity contribution in [2.24, 2.45) is 0 Å². The lowest BCUT2D eigenvalue weighted by molar-refractivity contribution is -0.605. The number of hydrogen-bond acceptors (Lipinski definition) is 2. The van der Waals surface area contributed by atoms with E-state index in [0.717, 1.165) is 5.56 Å². The lowest BCUT2D eigenvalue weighted by atomic mass is 9.99. The minimum absolute atomic E-state index is 0.0849. The smallest absolute Gasteiger partial charge is 0.252 e. The molecule has 1 aromatic carbocycles.